The maximum absolute atomic E-state index is 16.1. The van der Waals surface area contributed by atoms with Gasteiger partial charge in [0.1, 0.15) is 17.2 Å². The topological polar surface area (TPSA) is 127 Å². The van der Waals surface area contributed by atoms with E-state index in [0.717, 1.165) is 11.3 Å². The number of hydrogen-bond acceptors (Lipinski definition) is 10. The summed E-state index contributed by atoms with van der Waals surface area (Å²) in [5.74, 6) is -0.928. The molecular weight excluding hydrogens is 574 g/mol. The minimum atomic E-state index is -0.717. The number of anilines is 2. The summed E-state index contributed by atoms with van der Waals surface area (Å²) in [5, 5.41) is 0.621. The Morgan fingerprint density at radius 1 is 1.07 bits per heavy atom. The number of ether oxygens (including phenoxy) is 1. The quantitative estimate of drug-likeness (QED) is 0.358. The molecule has 4 aromatic rings. The lowest BCUT2D eigenvalue weighted by Gasteiger charge is -2.35. The summed E-state index contributed by atoms with van der Waals surface area (Å²) in [6.45, 7) is 4.38. The third-order valence-electron chi connectivity index (χ3n) is 7.24. The van der Waals surface area contributed by atoms with Crippen LogP contribution < -0.4 is 21.1 Å². The Kier molecular flexibility index (Phi) is 8.68. The Hall–Kier alpha value is -3.39. The van der Waals surface area contributed by atoms with Crippen LogP contribution >= 0.6 is 22.9 Å². The summed E-state index contributed by atoms with van der Waals surface area (Å²) in [7, 11) is 3.56. The highest BCUT2D eigenvalue weighted by Gasteiger charge is 2.27. The first-order chi connectivity index (χ1) is 19.7. The molecule has 0 radical (unpaired) electrons. The van der Waals surface area contributed by atoms with Crippen molar-refractivity contribution in [3.8, 4) is 17.1 Å². The van der Waals surface area contributed by atoms with E-state index in [1.807, 2.05) is 4.90 Å². The molecule has 2 aromatic heterocycles. The maximum Gasteiger partial charge on any atom is 0.318 e. The molecule has 0 saturated carbocycles. The van der Waals surface area contributed by atoms with Gasteiger partial charge in [-0.15, -0.1) is 0 Å². The number of methoxy groups -OCH3 is 1. The van der Waals surface area contributed by atoms with Crippen molar-refractivity contribution < 1.29 is 18.3 Å². The summed E-state index contributed by atoms with van der Waals surface area (Å²) >= 11 is 7.57. The SMILES string of the molecule is CN1CCCC1.COc1nc(N2CCN(C(=O)CN)CC2)c2cc(Cl)c(-c3ccc(F)c4sc(N)nc34)c(F)c2n1. The van der Waals surface area contributed by atoms with Crippen LogP contribution in [0.3, 0.4) is 0 Å². The number of thiazole rings is 1. The van der Waals surface area contributed by atoms with E-state index in [4.69, 9.17) is 27.8 Å². The van der Waals surface area contributed by atoms with Crippen molar-refractivity contribution in [2.24, 2.45) is 5.73 Å². The van der Waals surface area contributed by atoms with Gasteiger partial charge < -0.3 is 30.9 Å². The zero-order valence-corrected chi connectivity index (χ0v) is 24.4. The number of fused-ring (bicyclic) bond motifs is 2. The molecule has 14 heteroatoms. The summed E-state index contributed by atoms with van der Waals surface area (Å²) in [5.41, 5.74) is 11.8. The minimum Gasteiger partial charge on any atom is -0.467 e. The van der Waals surface area contributed by atoms with Gasteiger partial charge in [0.2, 0.25) is 5.91 Å². The van der Waals surface area contributed by atoms with Gasteiger partial charge in [-0.25, -0.2) is 13.8 Å². The lowest BCUT2D eigenvalue weighted by Crippen LogP contribution is -2.50. The number of carbonyl (C=O) groups is 1. The molecule has 4 heterocycles. The number of carbonyl (C=O) groups excluding carboxylic acids is 1. The monoisotopic (exact) mass is 604 g/mol. The number of amides is 1. The van der Waals surface area contributed by atoms with Crippen LogP contribution in [0.1, 0.15) is 12.8 Å². The van der Waals surface area contributed by atoms with Gasteiger partial charge in [0.15, 0.2) is 10.9 Å². The van der Waals surface area contributed by atoms with Crippen molar-refractivity contribution in [3.63, 3.8) is 0 Å². The van der Waals surface area contributed by atoms with Crippen LogP contribution in [0.4, 0.5) is 19.7 Å². The molecule has 0 atom stereocenters. The van der Waals surface area contributed by atoms with E-state index in [2.05, 4.69) is 26.9 Å². The fourth-order valence-electron chi connectivity index (χ4n) is 5.11. The van der Waals surface area contributed by atoms with E-state index in [1.54, 1.807) is 11.0 Å². The zero-order valence-electron chi connectivity index (χ0n) is 22.8. The number of nitrogens with two attached hydrogens (primary N) is 2. The van der Waals surface area contributed by atoms with Crippen molar-refractivity contribution in [1.82, 2.24) is 24.8 Å². The fourth-order valence-corrected chi connectivity index (χ4v) is 6.16. The van der Waals surface area contributed by atoms with E-state index < -0.39 is 11.6 Å². The van der Waals surface area contributed by atoms with Gasteiger partial charge in [-0.1, -0.05) is 22.9 Å². The second-order valence-corrected chi connectivity index (χ2v) is 11.3. The molecule has 0 spiro atoms. The smallest absolute Gasteiger partial charge is 0.318 e. The molecule has 2 aliphatic heterocycles. The standard InChI is InChI=1S/C22H20ClF2N7O2S.C5H11N/c1-34-22-29-17-11(20(30-22)32-6-4-31(5-7-32)14(33)9-26)8-12(23)15(16(17)25)10-2-3-13(24)19-18(10)28-21(27)35-19;1-6-4-2-3-5-6/h2-3,8H,4-7,9,26H2,1H3,(H2,27,28);2-5H2,1H3. The average Bonchev–Trinajstić information content (AvgIpc) is 3.62. The van der Waals surface area contributed by atoms with Gasteiger partial charge >= 0.3 is 6.01 Å². The Labute approximate surface area is 244 Å². The third kappa shape index (κ3) is 5.85. The van der Waals surface area contributed by atoms with Crippen molar-refractivity contribution in [2.45, 2.75) is 12.8 Å². The maximum atomic E-state index is 16.1. The normalized spacial score (nSPS) is 15.9. The summed E-state index contributed by atoms with van der Waals surface area (Å²) in [6, 6.07) is 4.19. The number of aromatic nitrogens is 3. The van der Waals surface area contributed by atoms with Crippen LogP contribution in [0, 0.1) is 11.6 Å². The molecule has 10 nitrogen and oxygen atoms in total. The van der Waals surface area contributed by atoms with Gasteiger partial charge in [0.05, 0.1) is 28.9 Å². The predicted octanol–water partition coefficient (Wildman–Crippen LogP) is 3.75. The Morgan fingerprint density at radius 2 is 1.78 bits per heavy atom. The average molecular weight is 605 g/mol. The highest BCUT2D eigenvalue weighted by atomic mass is 35.5. The van der Waals surface area contributed by atoms with Crippen LogP contribution in [0.15, 0.2) is 18.2 Å². The molecule has 4 N–H and O–H groups in total. The molecule has 0 aliphatic carbocycles. The number of nitrogens with zero attached hydrogens (tertiary/aromatic N) is 6. The first kappa shape index (κ1) is 29.1. The number of halogens is 3. The molecule has 2 saturated heterocycles. The van der Waals surface area contributed by atoms with Crippen LogP contribution in [0.2, 0.25) is 5.02 Å². The van der Waals surface area contributed by atoms with Crippen molar-refractivity contribution >= 4 is 60.9 Å². The van der Waals surface area contributed by atoms with E-state index in [9.17, 15) is 9.18 Å². The first-order valence-electron chi connectivity index (χ1n) is 13.2. The highest BCUT2D eigenvalue weighted by Crippen LogP contribution is 2.42. The fraction of sp³-hybridized carbons (Fsp3) is 0.407. The second-order valence-electron chi connectivity index (χ2n) is 9.88. The van der Waals surface area contributed by atoms with E-state index in [-0.39, 0.29) is 49.9 Å². The molecular formula is C27H31ClF2N8O2S. The van der Waals surface area contributed by atoms with E-state index in [0.29, 0.717) is 42.9 Å². The van der Waals surface area contributed by atoms with E-state index in [1.165, 1.54) is 45.2 Å². The Morgan fingerprint density at radius 3 is 2.39 bits per heavy atom. The largest absolute Gasteiger partial charge is 0.467 e. The van der Waals surface area contributed by atoms with Gasteiger partial charge in [-0.05, 0) is 51.2 Å². The van der Waals surface area contributed by atoms with Crippen LogP contribution in [-0.4, -0.2) is 90.6 Å². The summed E-state index contributed by atoms with van der Waals surface area (Å²) in [6.07, 6.45) is 2.83. The highest BCUT2D eigenvalue weighted by molar-refractivity contribution is 7.22. The lowest BCUT2D eigenvalue weighted by molar-refractivity contribution is -0.129. The number of likely N-dealkylation sites (tertiary alicyclic amines) is 1. The van der Waals surface area contributed by atoms with Crippen LogP contribution in [0.5, 0.6) is 6.01 Å². The van der Waals surface area contributed by atoms with Crippen LogP contribution in [-0.2, 0) is 4.79 Å². The number of rotatable bonds is 4. The van der Waals surface area contributed by atoms with Crippen molar-refractivity contribution in [3.05, 3.63) is 34.9 Å². The summed E-state index contributed by atoms with van der Waals surface area (Å²) in [4.78, 5) is 30.8. The molecule has 2 fully saturated rings. The molecule has 0 unspecified atom stereocenters. The Balaban J connectivity index is 0.000000500. The van der Waals surface area contributed by atoms with Crippen molar-refractivity contribution in [2.75, 3.05) is 70.6 Å². The van der Waals surface area contributed by atoms with Crippen molar-refractivity contribution in [1.29, 1.82) is 0 Å². The first-order valence-corrected chi connectivity index (χ1v) is 14.4. The van der Waals surface area contributed by atoms with Crippen LogP contribution in [0.25, 0.3) is 32.2 Å². The Bertz CT molecular complexity index is 1590. The molecule has 2 aromatic carbocycles. The number of nitrogen functional groups attached to an aromatic ring is 1. The minimum absolute atomic E-state index is 0.00705. The lowest BCUT2D eigenvalue weighted by atomic mass is 10.0. The molecule has 1 amide bonds. The predicted molar refractivity (Wildman–Crippen MR) is 159 cm³/mol. The molecule has 6 rings (SSSR count). The number of piperazine rings is 1. The van der Waals surface area contributed by atoms with Gasteiger partial charge in [-0.3, -0.25) is 4.79 Å². The molecule has 41 heavy (non-hydrogen) atoms. The van der Waals surface area contributed by atoms with E-state index >= 15 is 4.39 Å². The third-order valence-corrected chi connectivity index (χ3v) is 8.43. The summed E-state index contributed by atoms with van der Waals surface area (Å²) < 4.78 is 35.8. The van der Waals surface area contributed by atoms with Gasteiger partial charge in [-0.2, -0.15) is 9.97 Å². The number of benzene rings is 2. The second kappa shape index (κ2) is 12.2. The van der Waals surface area contributed by atoms with Gasteiger partial charge in [0, 0.05) is 42.7 Å². The molecule has 0 bridgehead atoms. The number of hydrogen-bond donors (Lipinski definition) is 2. The molecule has 218 valence electrons. The zero-order chi connectivity index (χ0) is 29.3. The van der Waals surface area contributed by atoms with Gasteiger partial charge in [0.25, 0.3) is 0 Å². The molecule has 2 aliphatic rings.